The number of aromatic nitrogens is 4. The summed E-state index contributed by atoms with van der Waals surface area (Å²) in [6.45, 7) is 2.75. The number of morpholine rings is 1. The highest BCUT2D eigenvalue weighted by Gasteiger charge is 2.26. The zero-order chi connectivity index (χ0) is 20.1. The van der Waals surface area contributed by atoms with Gasteiger partial charge in [0.2, 0.25) is 0 Å². The number of nitriles is 1. The number of anilines is 3. The molecule has 0 aromatic carbocycles. The van der Waals surface area contributed by atoms with Crippen LogP contribution >= 0.6 is 0 Å². The van der Waals surface area contributed by atoms with Crippen LogP contribution in [0.15, 0.2) is 18.5 Å². The molecule has 0 radical (unpaired) electrons. The number of ether oxygens (including phenoxy) is 1. The lowest BCUT2D eigenvalue weighted by molar-refractivity contribution is 0.0372. The maximum Gasteiger partial charge on any atom is 0.274 e. The summed E-state index contributed by atoms with van der Waals surface area (Å²) in [5.41, 5.74) is 1.01. The average Bonchev–Trinajstić information content (AvgIpc) is 3.57. The van der Waals surface area contributed by atoms with E-state index in [1.54, 1.807) is 6.07 Å². The van der Waals surface area contributed by atoms with Crippen LogP contribution in [-0.2, 0) is 4.74 Å². The van der Waals surface area contributed by atoms with Gasteiger partial charge in [0.1, 0.15) is 11.9 Å². The summed E-state index contributed by atoms with van der Waals surface area (Å²) in [5.74, 6) is 0.561. The first-order chi connectivity index (χ1) is 14.2. The van der Waals surface area contributed by atoms with Gasteiger partial charge in [-0.2, -0.15) is 5.26 Å². The van der Waals surface area contributed by atoms with Crippen molar-refractivity contribution in [3.8, 4) is 6.07 Å². The fourth-order valence-electron chi connectivity index (χ4n) is 2.79. The standard InChI is InChI=1S/C18H21N9O2/c19-6-12-7-23-16(10-21-12)25-15-5-14(22-9-13-8-20-3-4-29-13)17(27-26-15)18(28)24-11-1-2-11/h5,7,10-11,13,20H,1-4,8-9H2,(H,24,28)(H2,22,23,25,26). The number of rotatable bonds is 7. The molecular weight excluding hydrogens is 374 g/mol. The average molecular weight is 395 g/mol. The minimum atomic E-state index is -0.255. The number of hydrogen-bond donors (Lipinski definition) is 4. The molecule has 1 atom stereocenters. The Bertz CT molecular complexity index is 903. The van der Waals surface area contributed by atoms with Gasteiger partial charge in [0.15, 0.2) is 17.2 Å². The topological polar surface area (TPSA) is 150 Å². The summed E-state index contributed by atoms with van der Waals surface area (Å²) in [6, 6.07) is 3.83. The van der Waals surface area contributed by atoms with Gasteiger partial charge in [-0.3, -0.25) is 4.79 Å². The predicted molar refractivity (Wildman–Crippen MR) is 104 cm³/mol. The summed E-state index contributed by atoms with van der Waals surface area (Å²) in [6.07, 6.45) is 4.76. The van der Waals surface area contributed by atoms with Crippen molar-refractivity contribution in [2.45, 2.75) is 25.0 Å². The highest BCUT2D eigenvalue weighted by Crippen LogP contribution is 2.22. The van der Waals surface area contributed by atoms with Gasteiger partial charge >= 0.3 is 0 Å². The predicted octanol–water partition coefficient (Wildman–Crippen LogP) is 0.174. The molecule has 1 saturated heterocycles. The molecule has 3 heterocycles. The van der Waals surface area contributed by atoms with Crippen molar-refractivity contribution in [2.75, 3.05) is 36.9 Å². The monoisotopic (exact) mass is 395 g/mol. The third-order valence-electron chi connectivity index (χ3n) is 4.47. The Morgan fingerprint density at radius 1 is 1.28 bits per heavy atom. The summed E-state index contributed by atoms with van der Waals surface area (Å²) in [7, 11) is 0. The first kappa shape index (κ1) is 19.0. The minimum Gasteiger partial charge on any atom is -0.380 e. The molecule has 11 heteroatoms. The molecule has 29 heavy (non-hydrogen) atoms. The smallest absolute Gasteiger partial charge is 0.274 e. The van der Waals surface area contributed by atoms with Crippen molar-refractivity contribution in [3.63, 3.8) is 0 Å². The van der Waals surface area contributed by atoms with Gasteiger partial charge in [-0.15, -0.1) is 10.2 Å². The Hall–Kier alpha value is -3.36. The number of carbonyl (C=O) groups is 1. The van der Waals surface area contributed by atoms with Crippen LogP contribution in [0.25, 0.3) is 0 Å². The van der Waals surface area contributed by atoms with E-state index in [0.29, 0.717) is 30.5 Å². The number of hydrogen-bond acceptors (Lipinski definition) is 10. The number of carbonyl (C=O) groups excluding carboxylic acids is 1. The van der Waals surface area contributed by atoms with E-state index in [0.717, 1.165) is 25.9 Å². The van der Waals surface area contributed by atoms with Gasteiger partial charge in [0, 0.05) is 31.7 Å². The summed E-state index contributed by atoms with van der Waals surface area (Å²) < 4.78 is 5.70. The van der Waals surface area contributed by atoms with Crippen LogP contribution in [0.4, 0.5) is 17.3 Å². The molecule has 2 aliphatic rings. The van der Waals surface area contributed by atoms with Gasteiger partial charge in [0.25, 0.3) is 5.91 Å². The molecule has 11 nitrogen and oxygen atoms in total. The zero-order valence-corrected chi connectivity index (χ0v) is 15.7. The highest BCUT2D eigenvalue weighted by molar-refractivity contribution is 5.98. The van der Waals surface area contributed by atoms with Gasteiger partial charge in [-0.25, -0.2) is 9.97 Å². The quantitative estimate of drug-likeness (QED) is 0.511. The SMILES string of the molecule is N#Cc1cnc(Nc2cc(NCC3CNCCO3)c(C(=O)NC3CC3)nn2)cn1. The van der Waals surface area contributed by atoms with Crippen LogP contribution in [0.5, 0.6) is 0 Å². The molecular formula is C18H21N9O2. The third-order valence-corrected chi connectivity index (χ3v) is 4.47. The Morgan fingerprint density at radius 3 is 2.86 bits per heavy atom. The second kappa shape index (κ2) is 8.76. The molecule has 1 amide bonds. The van der Waals surface area contributed by atoms with E-state index in [-0.39, 0.29) is 29.4 Å². The van der Waals surface area contributed by atoms with Gasteiger partial charge in [0.05, 0.1) is 30.8 Å². The molecule has 2 aromatic heterocycles. The van der Waals surface area contributed by atoms with Crippen molar-refractivity contribution in [1.82, 2.24) is 30.8 Å². The lowest BCUT2D eigenvalue weighted by atomic mass is 10.2. The second-order valence-corrected chi connectivity index (χ2v) is 6.84. The Balaban J connectivity index is 1.50. The molecule has 4 rings (SSSR count). The summed E-state index contributed by atoms with van der Waals surface area (Å²) in [4.78, 5) is 20.6. The molecule has 0 spiro atoms. The van der Waals surface area contributed by atoms with E-state index >= 15 is 0 Å². The summed E-state index contributed by atoms with van der Waals surface area (Å²) in [5, 5.41) is 29.4. The zero-order valence-electron chi connectivity index (χ0n) is 15.7. The van der Waals surface area contributed by atoms with E-state index < -0.39 is 0 Å². The van der Waals surface area contributed by atoms with Crippen LogP contribution < -0.4 is 21.3 Å². The van der Waals surface area contributed by atoms with Crippen molar-refractivity contribution in [1.29, 1.82) is 5.26 Å². The van der Waals surface area contributed by atoms with E-state index in [1.165, 1.54) is 12.4 Å². The maximum absolute atomic E-state index is 12.5. The second-order valence-electron chi connectivity index (χ2n) is 6.84. The molecule has 1 unspecified atom stereocenters. The lowest BCUT2D eigenvalue weighted by Crippen LogP contribution is -2.42. The molecule has 4 N–H and O–H groups in total. The van der Waals surface area contributed by atoms with E-state index in [2.05, 4.69) is 41.4 Å². The third kappa shape index (κ3) is 5.13. The first-order valence-corrected chi connectivity index (χ1v) is 9.45. The molecule has 1 aliphatic heterocycles. The molecule has 2 fully saturated rings. The van der Waals surface area contributed by atoms with Gasteiger partial charge < -0.3 is 26.0 Å². The van der Waals surface area contributed by atoms with Gasteiger partial charge in [-0.05, 0) is 12.8 Å². The molecule has 0 bridgehead atoms. The minimum absolute atomic E-state index is 0.00272. The fourth-order valence-corrected chi connectivity index (χ4v) is 2.79. The molecule has 2 aromatic rings. The first-order valence-electron chi connectivity index (χ1n) is 9.45. The van der Waals surface area contributed by atoms with Crippen LogP contribution in [0.1, 0.15) is 29.0 Å². The van der Waals surface area contributed by atoms with Crippen molar-refractivity contribution >= 4 is 23.2 Å². The number of nitrogens with zero attached hydrogens (tertiary/aromatic N) is 5. The summed E-state index contributed by atoms with van der Waals surface area (Å²) >= 11 is 0. The molecule has 1 aliphatic carbocycles. The van der Waals surface area contributed by atoms with Gasteiger partial charge in [-0.1, -0.05) is 0 Å². The van der Waals surface area contributed by atoms with Crippen molar-refractivity contribution in [3.05, 3.63) is 29.8 Å². The Kier molecular flexibility index (Phi) is 5.73. The van der Waals surface area contributed by atoms with E-state index in [4.69, 9.17) is 10.00 Å². The number of nitrogens with one attached hydrogen (secondary N) is 4. The van der Waals surface area contributed by atoms with Crippen LogP contribution in [0, 0.1) is 11.3 Å². The Labute approximate surface area is 167 Å². The highest BCUT2D eigenvalue weighted by atomic mass is 16.5. The Morgan fingerprint density at radius 2 is 2.17 bits per heavy atom. The molecule has 1 saturated carbocycles. The number of amides is 1. The van der Waals surface area contributed by atoms with Crippen LogP contribution in [0.3, 0.4) is 0 Å². The van der Waals surface area contributed by atoms with Crippen LogP contribution in [-0.4, -0.2) is 64.5 Å². The largest absolute Gasteiger partial charge is 0.380 e. The normalized spacial score (nSPS) is 18.5. The van der Waals surface area contributed by atoms with Crippen molar-refractivity contribution in [2.24, 2.45) is 0 Å². The molecule has 150 valence electrons. The lowest BCUT2D eigenvalue weighted by Gasteiger charge is -2.24. The maximum atomic E-state index is 12.5. The van der Waals surface area contributed by atoms with E-state index in [1.807, 2.05) is 6.07 Å². The van der Waals surface area contributed by atoms with Crippen molar-refractivity contribution < 1.29 is 9.53 Å². The van der Waals surface area contributed by atoms with Crippen LogP contribution in [0.2, 0.25) is 0 Å². The van der Waals surface area contributed by atoms with E-state index in [9.17, 15) is 4.79 Å². The fraction of sp³-hybridized carbons (Fsp3) is 0.444.